The van der Waals surface area contributed by atoms with Crippen LogP contribution in [0.1, 0.15) is 25.3 Å². The quantitative estimate of drug-likeness (QED) is 0.293. The van der Waals surface area contributed by atoms with E-state index in [4.69, 9.17) is 9.47 Å². The lowest BCUT2D eigenvalue weighted by molar-refractivity contribution is -0.136. The highest BCUT2D eigenvalue weighted by molar-refractivity contribution is 7.99. The smallest absolute Gasteiger partial charge is 0.338 e. The molecule has 0 aliphatic heterocycles. The van der Waals surface area contributed by atoms with Crippen LogP contribution < -0.4 is 0 Å². The number of halogens is 2. The van der Waals surface area contributed by atoms with Crippen molar-refractivity contribution < 1.29 is 23.0 Å². The Kier molecular flexibility index (Phi) is 7.90. The zero-order chi connectivity index (χ0) is 18.2. The molecule has 3 nitrogen and oxygen atoms in total. The van der Waals surface area contributed by atoms with Gasteiger partial charge in [-0.2, -0.15) is 0 Å². The van der Waals surface area contributed by atoms with E-state index >= 15 is 0 Å². The number of alkyl halides is 2. The van der Waals surface area contributed by atoms with Gasteiger partial charge in [0, 0.05) is 17.8 Å². The Hall–Kier alpha value is -1.40. The van der Waals surface area contributed by atoms with Crippen LogP contribution in [0.2, 0.25) is 0 Å². The topological polar surface area (TPSA) is 35.5 Å². The Morgan fingerprint density at radius 2 is 1.88 bits per heavy atom. The average molecular weight is 370 g/mol. The largest absolute Gasteiger partial charge is 0.462 e. The first-order valence-corrected chi connectivity index (χ1v) is 9.43. The monoisotopic (exact) mass is 370 g/mol. The van der Waals surface area contributed by atoms with Gasteiger partial charge in [-0.15, -0.1) is 11.8 Å². The molecule has 0 radical (unpaired) electrons. The number of hydrogen-bond acceptors (Lipinski definition) is 4. The van der Waals surface area contributed by atoms with E-state index in [2.05, 4.69) is 0 Å². The van der Waals surface area contributed by atoms with Crippen molar-refractivity contribution in [1.29, 1.82) is 0 Å². The maximum atomic E-state index is 13.4. The fourth-order valence-electron chi connectivity index (χ4n) is 2.81. The van der Waals surface area contributed by atoms with Gasteiger partial charge in [0.2, 0.25) is 0 Å². The summed E-state index contributed by atoms with van der Waals surface area (Å²) in [7, 11) is 1.66. The predicted octanol–water partition coefficient (Wildman–Crippen LogP) is 4.46. The van der Waals surface area contributed by atoms with E-state index in [-0.39, 0.29) is 25.4 Å². The average Bonchev–Trinajstić information content (AvgIpc) is 2.92. The molecule has 0 spiro atoms. The van der Waals surface area contributed by atoms with Crippen molar-refractivity contribution in [3.05, 3.63) is 35.9 Å². The highest BCUT2D eigenvalue weighted by atomic mass is 32.2. The zero-order valence-electron chi connectivity index (χ0n) is 14.5. The maximum absolute atomic E-state index is 13.4. The SMILES string of the molecule is CCOC(=O)/C(=C/C1CC(F)C(F)C1)c1ccc(SCCOC)cc1. The molecule has 2 unspecified atom stereocenters. The first-order chi connectivity index (χ1) is 12.0. The Bertz CT molecular complexity index is 579. The number of esters is 1. The number of carbonyl (C=O) groups is 1. The van der Waals surface area contributed by atoms with Crippen molar-refractivity contribution >= 4 is 23.3 Å². The fourth-order valence-corrected chi connectivity index (χ4v) is 3.62. The highest BCUT2D eigenvalue weighted by Crippen LogP contribution is 2.34. The highest BCUT2D eigenvalue weighted by Gasteiger charge is 2.34. The molecule has 25 heavy (non-hydrogen) atoms. The number of ether oxygens (including phenoxy) is 2. The molecule has 1 aromatic rings. The van der Waals surface area contributed by atoms with E-state index in [1.165, 1.54) is 0 Å². The third kappa shape index (κ3) is 5.82. The third-order valence-corrected chi connectivity index (χ3v) is 5.04. The summed E-state index contributed by atoms with van der Waals surface area (Å²) in [5.41, 5.74) is 1.08. The molecule has 1 aliphatic carbocycles. The molecule has 0 amide bonds. The molecular formula is C19H24F2O3S. The van der Waals surface area contributed by atoms with E-state index in [9.17, 15) is 13.6 Å². The van der Waals surface area contributed by atoms with E-state index in [0.717, 1.165) is 10.6 Å². The van der Waals surface area contributed by atoms with Crippen LogP contribution >= 0.6 is 11.8 Å². The van der Waals surface area contributed by atoms with Crippen molar-refractivity contribution in [2.24, 2.45) is 5.92 Å². The van der Waals surface area contributed by atoms with Gasteiger partial charge in [0.1, 0.15) is 12.3 Å². The van der Waals surface area contributed by atoms with Gasteiger partial charge < -0.3 is 9.47 Å². The van der Waals surface area contributed by atoms with Crippen LogP contribution in [0.5, 0.6) is 0 Å². The minimum Gasteiger partial charge on any atom is -0.462 e. The summed E-state index contributed by atoms with van der Waals surface area (Å²) < 4.78 is 37.0. The van der Waals surface area contributed by atoms with Crippen LogP contribution in [0, 0.1) is 5.92 Å². The summed E-state index contributed by atoms with van der Waals surface area (Å²) >= 11 is 1.66. The number of allylic oxidation sites excluding steroid dienone is 1. The first-order valence-electron chi connectivity index (χ1n) is 8.44. The van der Waals surface area contributed by atoms with Crippen LogP contribution in [0.15, 0.2) is 35.2 Å². The standard InChI is InChI=1S/C19H24F2O3S/c1-3-24-19(22)16(10-13-11-17(20)18(21)12-13)14-4-6-15(7-5-14)25-9-8-23-2/h4-7,10,13,17-18H,3,8-9,11-12H2,1-2H3/b16-10+. The van der Waals surface area contributed by atoms with E-state index in [1.807, 2.05) is 24.3 Å². The van der Waals surface area contributed by atoms with Crippen LogP contribution in [0.3, 0.4) is 0 Å². The molecular weight excluding hydrogens is 346 g/mol. The second-order valence-corrected chi connectivity index (χ2v) is 7.10. The minimum atomic E-state index is -1.45. The van der Waals surface area contributed by atoms with Gasteiger partial charge in [0.25, 0.3) is 0 Å². The number of methoxy groups -OCH3 is 1. The molecule has 2 rings (SSSR count). The van der Waals surface area contributed by atoms with Gasteiger partial charge in [-0.3, -0.25) is 0 Å². The third-order valence-electron chi connectivity index (χ3n) is 4.07. The lowest BCUT2D eigenvalue weighted by Crippen LogP contribution is -2.08. The number of hydrogen-bond donors (Lipinski definition) is 0. The van der Waals surface area contributed by atoms with Crippen molar-refractivity contribution in [3.8, 4) is 0 Å². The van der Waals surface area contributed by atoms with Crippen molar-refractivity contribution in [2.75, 3.05) is 26.1 Å². The predicted molar refractivity (Wildman–Crippen MR) is 96.2 cm³/mol. The van der Waals surface area contributed by atoms with Crippen molar-refractivity contribution in [1.82, 2.24) is 0 Å². The van der Waals surface area contributed by atoms with E-state index in [1.54, 1.807) is 31.9 Å². The zero-order valence-corrected chi connectivity index (χ0v) is 15.4. The summed E-state index contributed by atoms with van der Waals surface area (Å²) in [6.45, 7) is 2.65. The van der Waals surface area contributed by atoms with Crippen LogP contribution in [0.25, 0.3) is 5.57 Å². The summed E-state index contributed by atoms with van der Waals surface area (Å²) in [5, 5.41) is 0. The molecule has 0 saturated heterocycles. The summed E-state index contributed by atoms with van der Waals surface area (Å²) in [6, 6.07) is 7.53. The van der Waals surface area contributed by atoms with Gasteiger partial charge in [-0.25, -0.2) is 13.6 Å². The normalized spacial score (nSPS) is 23.7. The van der Waals surface area contributed by atoms with E-state index in [0.29, 0.717) is 17.7 Å². The molecule has 0 aromatic heterocycles. The molecule has 1 saturated carbocycles. The Labute approximate surface area is 151 Å². The second kappa shape index (κ2) is 9.92. The minimum absolute atomic E-state index is 0.106. The molecule has 138 valence electrons. The summed E-state index contributed by atoms with van der Waals surface area (Å²) in [4.78, 5) is 13.4. The molecule has 6 heteroatoms. The van der Waals surface area contributed by atoms with Gasteiger partial charge in [0.05, 0.1) is 18.8 Å². The summed E-state index contributed by atoms with van der Waals surface area (Å²) in [5.74, 6) is 0.0917. The van der Waals surface area contributed by atoms with Crippen LogP contribution in [-0.2, 0) is 14.3 Å². The fraction of sp³-hybridized carbons (Fsp3) is 0.526. The van der Waals surface area contributed by atoms with Crippen molar-refractivity contribution in [2.45, 2.75) is 37.0 Å². The lowest BCUT2D eigenvalue weighted by Gasteiger charge is -2.11. The molecule has 0 bridgehead atoms. The lowest BCUT2D eigenvalue weighted by atomic mass is 9.98. The molecule has 2 atom stereocenters. The van der Waals surface area contributed by atoms with Crippen LogP contribution in [0.4, 0.5) is 8.78 Å². The Morgan fingerprint density at radius 1 is 1.24 bits per heavy atom. The molecule has 1 aliphatic rings. The molecule has 1 aromatic carbocycles. The van der Waals surface area contributed by atoms with Crippen molar-refractivity contribution in [3.63, 3.8) is 0 Å². The Balaban J connectivity index is 2.16. The maximum Gasteiger partial charge on any atom is 0.338 e. The molecule has 0 N–H and O–H groups in total. The van der Waals surface area contributed by atoms with Gasteiger partial charge >= 0.3 is 5.97 Å². The van der Waals surface area contributed by atoms with Gasteiger partial charge in [-0.1, -0.05) is 18.2 Å². The van der Waals surface area contributed by atoms with Gasteiger partial charge in [0.15, 0.2) is 0 Å². The summed E-state index contributed by atoms with van der Waals surface area (Å²) in [6.07, 6.45) is -1.03. The number of benzene rings is 1. The number of rotatable bonds is 8. The first kappa shape index (κ1) is 19.9. The second-order valence-electron chi connectivity index (χ2n) is 5.93. The molecule has 0 heterocycles. The van der Waals surface area contributed by atoms with E-state index < -0.39 is 18.3 Å². The molecule has 1 fully saturated rings. The van der Waals surface area contributed by atoms with Gasteiger partial charge in [-0.05, 0) is 43.4 Å². The van der Waals surface area contributed by atoms with Crippen LogP contribution in [-0.4, -0.2) is 44.4 Å². The Morgan fingerprint density at radius 3 is 2.44 bits per heavy atom. The number of carbonyl (C=O) groups excluding carboxylic acids is 1. The number of thioether (sulfide) groups is 1.